The van der Waals surface area contributed by atoms with Gasteiger partial charge in [0, 0.05) is 39.8 Å². The molecule has 4 aromatic rings. The van der Waals surface area contributed by atoms with Crippen LogP contribution in [0.15, 0.2) is 90.8 Å². The summed E-state index contributed by atoms with van der Waals surface area (Å²) in [6, 6.07) is 24.1. The van der Waals surface area contributed by atoms with Crippen molar-refractivity contribution in [2.45, 2.75) is 6.42 Å². The van der Waals surface area contributed by atoms with Gasteiger partial charge in [-0.3, -0.25) is 9.59 Å². The van der Waals surface area contributed by atoms with Crippen LogP contribution in [0.5, 0.6) is 0 Å². The van der Waals surface area contributed by atoms with Gasteiger partial charge in [0.15, 0.2) is 0 Å². The summed E-state index contributed by atoms with van der Waals surface area (Å²) in [4.78, 5) is 28.9. The fraction of sp³-hybridized carbons (Fsp3) is 0.0769. The van der Waals surface area contributed by atoms with Crippen molar-refractivity contribution in [1.82, 2.24) is 15.6 Å². The highest BCUT2D eigenvalue weighted by Crippen LogP contribution is 2.20. The van der Waals surface area contributed by atoms with Crippen molar-refractivity contribution < 1.29 is 9.59 Å². The van der Waals surface area contributed by atoms with Gasteiger partial charge in [-0.25, -0.2) is 0 Å². The van der Waals surface area contributed by atoms with Gasteiger partial charge in [0.05, 0.1) is 0 Å². The van der Waals surface area contributed by atoms with E-state index < -0.39 is 0 Å². The highest BCUT2D eigenvalue weighted by molar-refractivity contribution is 6.30. The predicted molar refractivity (Wildman–Crippen MR) is 128 cm³/mol. The van der Waals surface area contributed by atoms with Crippen LogP contribution in [0.1, 0.15) is 21.5 Å². The number of carbonyl (C=O) groups is 2. The Balaban J connectivity index is 1.54. The molecule has 1 heterocycles. The summed E-state index contributed by atoms with van der Waals surface area (Å²) in [6.07, 6.45) is 4.16. The molecule has 0 aliphatic heterocycles. The quantitative estimate of drug-likeness (QED) is 0.353. The number of rotatable bonds is 7. The average molecular weight is 444 g/mol. The fourth-order valence-corrected chi connectivity index (χ4v) is 3.50. The van der Waals surface area contributed by atoms with E-state index in [0.717, 1.165) is 22.0 Å². The highest BCUT2D eigenvalue weighted by Gasteiger charge is 2.15. The summed E-state index contributed by atoms with van der Waals surface area (Å²) in [5.41, 5.74) is 3.49. The molecule has 0 unspecified atom stereocenters. The summed E-state index contributed by atoms with van der Waals surface area (Å²) in [5.74, 6) is -0.696. The maximum Gasteiger partial charge on any atom is 0.267 e. The van der Waals surface area contributed by atoms with Crippen molar-refractivity contribution in [2.75, 3.05) is 6.54 Å². The minimum atomic E-state index is -0.353. The molecule has 0 aliphatic carbocycles. The molecule has 0 aliphatic rings. The summed E-state index contributed by atoms with van der Waals surface area (Å²) >= 11 is 5.93. The molecule has 3 aromatic carbocycles. The molecule has 0 spiro atoms. The minimum Gasteiger partial charge on any atom is -0.361 e. The van der Waals surface area contributed by atoms with E-state index in [1.54, 1.807) is 30.3 Å². The first-order valence-electron chi connectivity index (χ1n) is 10.3. The molecular weight excluding hydrogens is 422 g/mol. The van der Waals surface area contributed by atoms with Crippen LogP contribution in [0.4, 0.5) is 0 Å². The third-order valence-electron chi connectivity index (χ3n) is 5.06. The van der Waals surface area contributed by atoms with Gasteiger partial charge in [-0.15, -0.1) is 0 Å². The fourth-order valence-electron chi connectivity index (χ4n) is 3.38. The van der Waals surface area contributed by atoms with Gasteiger partial charge in [0.2, 0.25) is 0 Å². The van der Waals surface area contributed by atoms with Crippen molar-refractivity contribution in [3.8, 4) is 0 Å². The third-order valence-corrected chi connectivity index (χ3v) is 5.31. The molecule has 1 aromatic heterocycles. The maximum atomic E-state index is 13.0. The van der Waals surface area contributed by atoms with E-state index in [9.17, 15) is 9.59 Å². The Labute approximate surface area is 191 Å². The van der Waals surface area contributed by atoms with Crippen LogP contribution in [0.25, 0.3) is 17.0 Å². The van der Waals surface area contributed by atoms with Gasteiger partial charge < -0.3 is 15.6 Å². The number of carbonyl (C=O) groups excluding carboxylic acids is 2. The number of benzene rings is 3. The van der Waals surface area contributed by atoms with Crippen LogP contribution >= 0.6 is 11.6 Å². The normalized spacial score (nSPS) is 11.3. The SMILES string of the molecule is O=C(NCCc1ccc(Cl)cc1)C(=Cc1c[nH]c2ccccc12)NC(=O)c1ccccc1. The number of fused-ring (bicyclic) bond motifs is 1. The third kappa shape index (κ3) is 5.25. The Morgan fingerprint density at radius 3 is 2.41 bits per heavy atom. The monoisotopic (exact) mass is 443 g/mol. The minimum absolute atomic E-state index is 0.180. The van der Waals surface area contributed by atoms with Crippen molar-refractivity contribution >= 4 is 40.4 Å². The Morgan fingerprint density at radius 1 is 0.906 bits per heavy atom. The van der Waals surface area contributed by atoms with E-state index in [0.29, 0.717) is 23.6 Å². The zero-order valence-corrected chi connectivity index (χ0v) is 18.0. The largest absolute Gasteiger partial charge is 0.361 e. The Bertz CT molecular complexity index is 1260. The second-order valence-electron chi connectivity index (χ2n) is 7.30. The van der Waals surface area contributed by atoms with Gasteiger partial charge in [-0.2, -0.15) is 0 Å². The van der Waals surface area contributed by atoms with Gasteiger partial charge in [0.1, 0.15) is 5.70 Å². The number of H-pyrrole nitrogens is 1. The molecule has 2 amide bonds. The van der Waals surface area contributed by atoms with Crippen LogP contribution in [-0.4, -0.2) is 23.3 Å². The summed E-state index contributed by atoms with van der Waals surface area (Å²) in [6.45, 7) is 0.424. The Morgan fingerprint density at radius 2 is 1.62 bits per heavy atom. The van der Waals surface area contributed by atoms with Gasteiger partial charge in [-0.1, -0.05) is 60.1 Å². The molecule has 5 nitrogen and oxygen atoms in total. The van der Waals surface area contributed by atoms with E-state index >= 15 is 0 Å². The maximum absolute atomic E-state index is 13.0. The van der Waals surface area contributed by atoms with Crippen LogP contribution < -0.4 is 10.6 Å². The topological polar surface area (TPSA) is 74.0 Å². The summed E-state index contributed by atoms with van der Waals surface area (Å²) in [5, 5.41) is 7.31. The van der Waals surface area contributed by atoms with Crippen LogP contribution in [0, 0.1) is 0 Å². The van der Waals surface area contributed by atoms with Crippen LogP contribution in [0.2, 0.25) is 5.02 Å². The summed E-state index contributed by atoms with van der Waals surface area (Å²) < 4.78 is 0. The predicted octanol–water partition coefficient (Wildman–Crippen LogP) is 4.95. The zero-order valence-electron chi connectivity index (χ0n) is 17.3. The van der Waals surface area contributed by atoms with Crippen LogP contribution in [0.3, 0.4) is 0 Å². The molecular formula is C26H22ClN3O2. The van der Waals surface area contributed by atoms with E-state index in [4.69, 9.17) is 11.6 Å². The first-order chi connectivity index (χ1) is 15.6. The average Bonchev–Trinajstić information content (AvgIpc) is 3.23. The molecule has 6 heteroatoms. The van der Waals surface area contributed by atoms with Gasteiger partial charge >= 0.3 is 0 Å². The number of hydrogen-bond acceptors (Lipinski definition) is 2. The number of nitrogens with one attached hydrogen (secondary N) is 3. The number of hydrogen-bond donors (Lipinski definition) is 3. The van der Waals surface area contributed by atoms with Gasteiger partial charge in [0.25, 0.3) is 11.8 Å². The molecule has 160 valence electrons. The first kappa shape index (κ1) is 21.4. The molecule has 0 saturated carbocycles. The number of aromatic amines is 1. The Hall–Kier alpha value is -3.83. The smallest absolute Gasteiger partial charge is 0.267 e. The van der Waals surface area contributed by atoms with Crippen LogP contribution in [-0.2, 0) is 11.2 Å². The van der Waals surface area contributed by atoms with E-state index in [1.165, 1.54) is 0 Å². The number of halogens is 1. The van der Waals surface area contributed by atoms with Gasteiger partial charge in [-0.05, 0) is 48.4 Å². The molecule has 0 fully saturated rings. The van der Waals surface area contributed by atoms with E-state index in [1.807, 2.05) is 60.8 Å². The standard InChI is InChI=1S/C26H22ClN3O2/c27-21-12-10-18(11-13-21)14-15-28-26(32)24(30-25(31)19-6-2-1-3-7-19)16-20-17-29-23-9-5-4-8-22(20)23/h1-13,16-17,29H,14-15H2,(H,28,32)(H,30,31). The van der Waals surface area contributed by atoms with Crippen molar-refractivity contribution in [2.24, 2.45) is 0 Å². The second-order valence-corrected chi connectivity index (χ2v) is 7.74. The Kier molecular flexibility index (Phi) is 6.68. The molecule has 0 atom stereocenters. The number of para-hydroxylation sites is 1. The lowest BCUT2D eigenvalue weighted by Gasteiger charge is -2.11. The van der Waals surface area contributed by atoms with Crippen molar-refractivity contribution in [1.29, 1.82) is 0 Å². The highest BCUT2D eigenvalue weighted by atomic mass is 35.5. The lowest BCUT2D eigenvalue weighted by molar-refractivity contribution is -0.117. The molecule has 3 N–H and O–H groups in total. The molecule has 0 saturated heterocycles. The van der Waals surface area contributed by atoms with Crippen molar-refractivity contribution in [3.05, 3.63) is 112 Å². The van der Waals surface area contributed by atoms with E-state index in [-0.39, 0.29) is 17.5 Å². The van der Waals surface area contributed by atoms with E-state index in [2.05, 4.69) is 15.6 Å². The van der Waals surface area contributed by atoms with Crippen molar-refractivity contribution in [3.63, 3.8) is 0 Å². The first-order valence-corrected chi connectivity index (χ1v) is 10.6. The lowest BCUT2D eigenvalue weighted by atomic mass is 10.1. The number of amides is 2. The second kappa shape index (κ2) is 9.98. The number of aromatic nitrogens is 1. The molecule has 4 rings (SSSR count). The molecule has 0 radical (unpaired) electrons. The summed E-state index contributed by atoms with van der Waals surface area (Å²) in [7, 11) is 0. The molecule has 32 heavy (non-hydrogen) atoms. The molecule has 0 bridgehead atoms. The lowest BCUT2D eigenvalue weighted by Crippen LogP contribution is -2.35. The zero-order chi connectivity index (χ0) is 22.3.